The van der Waals surface area contributed by atoms with Crippen LogP contribution in [0.1, 0.15) is 15.9 Å². The fourth-order valence-electron chi connectivity index (χ4n) is 2.85. The van der Waals surface area contributed by atoms with E-state index in [9.17, 15) is 23.3 Å². The number of hydrogen-bond donors (Lipinski definition) is 2. The number of sulfonamides is 1. The lowest BCUT2D eigenvalue weighted by atomic mass is 10.1. The van der Waals surface area contributed by atoms with Crippen molar-refractivity contribution in [2.75, 3.05) is 17.1 Å². The second-order valence-electron chi connectivity index (χ2n) is 6.55. The van der Waals surface area contributed by atoms with E-state index in [-0.39, 0.29) is 27.6 Å². The molecule has 1 amide bonds. The molecule has 0 aliphatic rings. The van der Waals surface area contributed by atoms with Crippen LogP contribution < -0.4 is 14.8 Å². The number of anilines is 2. The van der Waals surface area contributed by atoms with E-state index in [0.29, 0.717) is 11.3 Å². The molecule has 3 rings (SSSR count). The predicted molar refractivity (Wildman–Crippen MR) is 116 cm³/mol. The molecule has 0 heterocycles. The molecule has 3 aromatic rings. The third-order valence-electron chi connectivity index (χ3n) is 4.41. The summed E-state index contributed by atoms with van der Waals surface area (Å²) in [5.74, 6) is -0.417. The van der Waals surface area contributed by atoms with Crippen LogP contribution in [-0.2, 0) is 10.0 Å². The number of hydrogen-bond acceptors (Lipinski definition) is 6. The van der Waals surface area contributed by atoms with Crippen molar-refractivity contribution in [3.05, 3.63) is 88.0 Å². The van der Waals surface area contributed by atoms with Crippen molar-refractivity contribution in [1.82, 2.24) is 0 Å². The van der Waals surface area contributed by atoms with Gasteiger partial charge in [-0.25, -0.2) is 8.42 Å². The number of benzene rings is 3. The van der Waals surface area contributed by atoms with Crippen LogP contribution in [-0.4, -0.2) is 26.4 Å². The Morgan fingerprint density at radius 2 is 1.74 bits per heavy atom. The minimum atomic E-state index is -3.95. The van der Waals surface area contributed by atoms with Gasteiger partial charge in [0.2, 0.25) is 0 Å². The van der Waals surface area contributed by atoms with E-state index in [0.717, 1.165) is 0 Å². The maximum absolute atomic E-state index is 12.8. The van der Waals surface area contributed by atoms with Crippen LogP contribution in [0.2, 0.25) is 0 Å². The maximum Gasteiger partial charge on any atom is 0.271 e. The topological polar surface area (TPSA) is 128 Å². The quantitative estimate of drug-likeness (QED) is 0.422. The molecule has 0 saturated heterocycles. The molecule has 0 radical (unpaired) electrons. The van der Waals surface area contributed by atoms with E-state index in [4.69, 9.17) is 4.74 Å². The molecule has 31 heavy (non-hydrogen) atoms. The van der Waals surface area contributed by atoms with Gasteiger partial charge in [-0.2, -0.15) is 0 Å². The molecule has 0 bridgehead atoms. The second kappa shape index (κ2) is 8.84. The van der Waals surface area contributed by atoms with Crippen molar-refractivity contribution in [3.63, 3.8) is 0 Å². The summed E-state index contributed by atoms with van der Waals surface area (Å²) in [6, 6.07) is 16.4. The van der Waals surface area contributed by atoms with E-state index in [2.05, 4.69) is 10.0 Å². The van der Waals surface area contributed by atoms with Crippen LogP contribution in [0.15, 0.2) is 71.6 Å². The Morgan fingerprint density at radius 3 is 2.39 bits per heavy atom. The lowest BCUT2D eigenvalue weighted by molar-refractivity contribution is -0.384. The van der Waals surface area contributed by atoms with Crippen LogP contribution in [0.25, 0.3) is 0 Å². The number of nitro groups is 1. The highest BCUT2D eigenvalue weighted by atomic mass is 32.2. The standard InChI is InChI=1S/C21H19N3O6S/c1-14-8-9-15(12-20(14)31(28,29)23-16-6-4-3-5-7-16)21(25)22-18-13-17(24(26)27)10-11-19(18)30-2/h3-13,23H,1-2H3,(H,22,25). The molecule has 0 aliphatic heterocycles. The van der Waals surface area contributed by atoms with Gasteiger partial charge in [0.1, 0.15) is 5.75 Å². The van der Waals surface area contributed by atoms with Crippen molar-refractivity contribution < 1.29 is 22.9 Å². The highest BCUT2D eigenvalue weighted by Gasteiger charge is 2.20. The molecule has 2 N–H and O–H groups in total. The number of nitrogens with one attached hydrogen (secondary N) is 2. The molecule has 9 nitrogen and oxygen atoms in total. The Bertz CT molecular complexity index is 1240. The Morgan fingerprint density at radius 1 is 1.03 bits per heavy atom. The summed E-state index contributed by atoms with van der Waals surface area (Å²) in [6.45, 7) is 1.62. The molecule has 0 saturated carbocycles. The fraction of sp³-hybridized carbons (Fsp3) is 0.0952. The first-order valence-electron chi connectivity index (χ1n) is 9.03. The van der Waals surface area contributed by atoms with Gasteiger partial charge >= 0.3 is 0 Å². The summed E-state index contributed by atoms with van der Waals surface area (Å²) in [6.07, 6.45) is 0. The SMILES string of the molecule is COc1ccc([N+](=O)[O-])cc1NC(=O)c1ccc(C)c(S(=O)(=O)Nc2ccccc2)c1. The number of carbonyl (C=O) groups excluding carboxylic acids is 1. The fourth-order valence-corrected chi connectivity index (χ4v) is 4.18. The van der Waals surface area contributed by atoms with Gasteiger partial charge in [0, 0.05) is 23.4 Å². The summed E-state index contributed by atoms with van der Waals surface area (Å²) < 4.78 is 33.3. The van der Waals surface area contributed by atoms with E-state index in [1.807, 2.05) is 0 Å². The number of para-hydroxylation sites is 1. The number of aryl methyl sites for hydroxylation is 1. The number of carbonyl (C=O) groups is 1. The van der Waals surface area contributed by atoms with E-state index >= 15 is 0 Å². The normalized spacial score (nSPS) is 10.9. The summed E-state index contributed by atoms with van der Waals surface area (Å²) in [5, 5.41) is 13.6. The van der Waals surface area contributed by atoms with Crippen LogP contribution in [0.4, 0.5) is 17.1 Å². The van der Waals surface area contributed by atoms with Crippen molar-refractivity contribution in [2.24, 2.45) is 0 Å². The summed E-state index contributed by atoms with van der Waals surface area (Å²) in [4.78, 5) is 23.1. The molecule has 160 valence electrons. The lowest BCUT2D eigenvalue weighted by Gasteiger charge is -2.13. The number of rotatable bonds is 7. The highest BCUT2D eigenvalue weighted by Crippen LogP contribution is 2.29. The molecule has 0 spiro atoms. The van der Waals surface area contributed by atoms with Crippen molar-refractivity contribution in [2.45, 2.75) is 11.8 Å². The van der Waals surface area contributed by atoms with Crippen molar-refractivity contribution in [1.29, 1.82) is 0 Å². The predicted octanol–water partition coefficient (Wildman–Crippen LogP) is 3.96. The summed E-state index contributed by atoms with van der Waals surface area (Å²) >= 11 is 0. The molecule has 0 aromatic heterocycles. The molecular weight excluding hydrogens is 422 g/mol. The van der Waals surface area contributed by atoms with Crippen LogP contribution >= 0.6 is 0 Å². The van der Waals surface area contributed by atoms with Gasteiger partial charge in [-0.1, -0.05) is 24.3 Å². The molecule has 0 fully saturated rings. The van der Waals surface area contributed by atoms with E-state index in [1.165, 1.54) is 43.5 Å². The first-order valence-corrected chi connectivity index (χ1v) is 10.5. The Kier molecular flexibility index (Phi) is 6.21. The van der Waals surface area contributed by atoms with Crippen LogP contribution in [0.5, 0.6) is 5.75 Å². The number of nitro benzene ring substituents is 1. The molecule has 0 unspecified atom stereocenters. The molecular formula is C21H19N3O6S. The molecule has 0 atom stereocenters. The number of methoxy groups -OCH3 is 1. The summed E-state index contributed by atoms with van der Waals surface area (Å²) in [5.41, 5.74) is 0.767. The first-order chi connectivity index (χ1) is 14.7. The Balaban J connectivity index is 1.92. The third-order valence-corrected chi connectivity index (χ3v) is 5.93. The maximum atomic E-state index is 12.8. The zero-order valence-corrected chi connectivity index (χ0v) is 17.5. The highest BCUT2D eigenvalue weighted by molar-refractivity contribution is 7.92. The average molecular weight is 441 g/mol. The Labute approximate surface area is 178 Å². The zero-order chi connectivity index (χ0) is 22.6. The smallest absolute Gasteiger partial charge is 0.271 e. The average Bonchev–Trinajstić information content (AvgIpc) is 2.74. The first kappa shape index (κ1) is 21.8. The van der Waals surface area contributed by atoms with Gasteiger partial charge in [0.25, 0.3) is 21.6 Å². The second-order valence-corrected chi connectivity index (χ2v) is 8.20. The van der Waals surface area contributed by atoms with Gasteiger partial charge in [-0.3, -0.25) is 19.6 Å². The van der Waals surface area contributed by atoms with Crippen LogP contribution in [0.3, 0.4) is 0 Å². The Hall–Kier alpha value is -3.92. The minimum Gasteiger partial charge on any atom is -0.495 e. The molecule has 10 heteroatoms. The number of nitrogens with zero attached hydrogens (tertiary/aromatic N) is 1. The molecule has 3 aromatic carbocycles. The third kappa shape index (κ3) is 4.98. The van der Waals surface area contributed by atoms with Gasteiger partial charge in [0.05, 0.1) is 22.6 Å². The van der Waals surface area contributed by atoms with Gasteiger partial charge in [-0.05, 0) is 42.8 Å². The largest absolute Gasteiger partial charge is 0.495 e. The van der Waals surface area contributed by atoms with E-state index < -0.39 is 20.9 Å². The lowest BCUT2D eigenvalue weighted by Crippen LogP contribution is -2.17. The van der Waals surface area contributed by atoms with Gasteiger partial charge in [-0.15, -0.1) is 0 Å². The number of non-ortho nitro benzene ring substituents is 1. The zero-order valence-electron chi connectivity index (χ0n) is 16.7. The van der Waals surface area contributed by atoms with Gasteiger partial charge in [0.15, 0.2) is 0 Å². The summed E-state index contributed by atoms with van der Waals surface area (Å²) in [7, 11) is -2.58. The number of amides is 1. The number of ether oxygens (including phenoxy) is 1. The molecule has 0 aliphatic carbocycles. The van der Waals surface area contributed by atoms with Crippen molar-refractivity contribution in [3.8, 4) is 5.75 Å². The minimum absolute atomic E-state index is 0.0602. The monoisotopic (exact) mass is 441 g/mol. The van der Waals surface area contributed by atoms with Crippen LogP contribution in [0, 0.1) is 17.0 Å². The van der Waals surface area contributed by atoms with E-state index in [1.54, 1.807) is 37.3 Å². The van der Waals surface area contributed by atoms with Gasteiger partial charge < -0.3 is 10.1 Å². The van der Waals surface area contributed by atoms with Crippen molar-refractivity contribution >= 4 is 33.0 Å².